The highest BCUT2D eigenvalue weighted by Gasteiger charge is 2.16. The minimum Gasteiger partial charge on any atom is -0.486 e. The fourth-order valence-electron chi connectivity index (χ4n) is 2.50. The lowest BCUT2D eigenvalue weighted by atomic mass is 10.1. The maximum atomic E-state index is 12.4. The molecule has 2 aromatic rings. The highest BCUT2D eigenvalue weighted by molar-refractivity contribution is 7.13. The normalized spacial score (nSPS) is 13.0. The quantitative estimate of drug-likeness (QED) is 0.648. The van der Waals surface area contributed by atoms with Gasteiger partial charge in [-0.15, -0.1) is 36.2 Å². The van der Waals surface area contributed by atoms with Crippen LogP contribution in [0.3, 0.4) is 0 Å². The molecule has 148 valence electrons. The minimum atomic E-state index is -0.0767. The summed E-state index contributed by atoms with van der Waals surface area (Å²) in [5, 5.41) is 7.69. The van der Waals surface area contributed by atoms with Crippen molar-refractivity contribution in [3.63, 3.8) is 0 Å². The topological polar surface area (TPSA) is 63.2 Å². The molecule has 9 heteroatoms. The van der Waals surface area contributed by atoms with Gasteiger partial charge in [0.05, 0.1) is 5.69 Å². The Bertz CT molecular complexity index is 779. The predicted octanol–water partition coefficient (Wildman–Crippen LogP) is 4.18. The molecule has 0 unspecified atom stereocenters. The van der Waals surface area contributed by atoms with Gasteiger partial charge in [-0.05, 0) is 44.2 Å². The first-order valence-corrected chi connectivity index (χ1v) is 9.33. The SMILES string of the molecule is Cc1nc(COc2ccc(Cl)cc2)sc1C(=O)NCC1=CCNCC1.Cl.Cl. The largest absolute Gasteiger partial charge is 0.486 e. The zero-order valence-corrected chi connectivity index (χ0v) is 18.0. The van der Waals surface area contributed by atoms with E-state index in [0.29, 0.717) is 23.1 Å². The van der Waals surface area contributed by atoms with Crippen LogP contribution in [0.2, 0.25) is 5.02 Å². The first kappa shape index (κ1) is 23.7. The second kappa shape index (κ2) is 11.5. The minimum absolute atomic E-state index is 0. The molecule has 2 N–H and O–H groups in total. The van der Waals surface area contributed by atoms with Crippen molar-refractivity contribution in [1.29, 1.82) is 0 Å². The van der Waals surface area contributed by atoms with Gasteiger partial charge in [0.1, 0.15) is 22.2 Å². The van der Waals surface area contributed by atoms with Gasteiger partial charge in [0, 0.05) is 18.1 Å². The number of benzene rings is 1. The molecule has 0 atom stereocenters. The molecule has 0 aliphatic carbocycles. The van der Waals surface area contributed by atoms with Crippen molar-refractivity contribution >= 4 is 53.7 Å². The fraction of sp³-hybridized carbons (Fsp3) is 0.333. The Balaban J connectivity index is 0.00000182. The van der Waals surface area contributed by atoms with E-state index in [1.165, 1.54) is 16.9 Å². The van der Waals surface area contributed by atoms with E-state index in [2.05, 4.69) is 21.7 Å². The first-order chi connectivity index (χ1) is 12.1. The summed E-state index contributed by atoms with van der Waals surface area (Å²) in [6.45, 7) is 4.61. The molecule has 5 nitrogen and oxygen atoms in total. The van der Waals surface area contributed by atoms with E-state index >= 15 is 0 Å². The average Bonchev–Trinajstić information content (AvgIpc) is 3.01. The van der Waals surface area contributed by atoms with E-state index in [4.69, 9.17) is 16.3 Å². The van der Waals surface area contributed by atoms with Crippen LogP contribution in [0.4, 0.5) is 0 Å². The summed E-state index contributed by atoms with van der Waals surface area (Å²) in [6, 6.07) is 7.17. The molecule has 3 rings (SSSR count). The third-order valence-corrected chi connectivity index (χ3v) is 5.24. The van der Waals surface area contributed by atoms with Crippen molar-refractivity contribution in [2.45, 2.75) is 20.0 Å². The number of amides is 1. The number of nitrogens with one attached hydrogen (secondary N) is 2. The summed E-state index contributed by atoms with van der Waals surface area (Å²) in [5.74, 6) is 0.647. The van der Waals surface area contributed by atoms with Crippen molar-refractivity contribution in [2.75, 3.05) is 19.6 Å². The van der Waals surface area contributed by atoms with Gasteiger partial charge in [0.15, 0.2) is 0 Å². The van der Waals surface area contributed by atoms with Crippen molar-refractivity contribution in [2.24, 2.45) is 0 Å². The zero-order chi connectivity index (χ0) is 17.6. The second-order valence-corrected chi connectivity index (χ2v) is 7.28. The van der Waals surface area contributed by atoms with E-state index in [9.17, 15) is 4.79 Å². The number of rotatable bonds is 6. The first-order valence-electron chi connectivity index (χ1n) is 8.13. The number of hydrogen-bond acceptors (Lipinski definition) is 5. The van der Waals surface area contributed by atoms with Gasteiger partial charge in [-0.2, -0.15) is 0 Å². The molecule has 0 saturated carbocycles. The van der Waals surface area contributed by atoms with Gasteiger partial charge >= 0.3 is 0 Å². The van der Waals surface area contributed by atoms with Crippen LogP contribution >= 0.6 is 47.8 Å². The number of hydrogen-bond donors (Lipinski definition) is 2. The van der Waals surface area contributed by atoms with Gasteiger partial charge in [0.2, 0.25) is 0 Å². The third kappa shape index (κ3) is 6.97. The molecule has 1 aliphatic heterocycles. The van der Waals surface area contributed by atoms with E-state index in [-0.39, 0.29) is 30.7 Å². The molecular weight excluding hydrogens is 429 g/mol. The Morgan fingerprint density at radius 2 is 2.07 bits per heavy atom. The fourth-order valence-corrected chi connectivity index (χ4v) is 3.53. The number of thiazole rings is 1. The van der Waals surface area contributed by atoms with Crippen LogP contribution < -0.4 is 15.4 Å². The van der Waals surface area contributed by atoms with Gasteiger partial charge < -0.3 is 15.4 Å². The maximum absolute atomic E-state index is 12.4. The van der Waals surface area contributed by atoms with Crippen LogP contribution in [-0.4, -0.2) is 30.5 Å². The number of halogens is 3. The molecule has 0 saturated heterocycles. The summed E-state index contributed by atoms with van der Waals surface area (Å²) in [7, 11) is 0. The Labute approximate surface area is 180 Å². The Hall–Kier alpha value is -1.31. The van der Waals surface area contributed by atoms with Crippen LogP contribution in [-0.2, 0) is 6.61 Å². The summed E-state index contributed by atoms with van der Waals surface area (Å²) in [5.41, 5.74) is 2.00. The standard InChI is InChI=1S/C18H20ClN3O2S.2ClH/c1-12-17(18(23)21-10-13-6-8-20-9-7-13)25-16(22-12)11-24-15-4-2-14(19)3-5-15;;/h2-6,20H,7-11H2,1H3,(H,21,23);2*1H. The smallest absolute Gasteiger partial charge is 0.263 e. The van der Waals surface area contributed by atoms with E-state index in [1.807, 2.05) is 19.1 Å². The molecule has 1 aromatic heterocycles. The van der Waals surface area contributed by atoms with Gasteiger partial charge in [-0.25, -0.2) is 4.98 Å². The number of carbonyl (C=O) groups is 1. The van der Waals surface area contributed by atoms with Crippen molar-refractivity contribution in [1.82, 2.24) is 15.6 Å². The van der Waals surface area contributed by atoms with Crippen LogP contribution in [0.25, 0.3) is 0 Å². The van der Waals surface area contributed by atoms with Crippen LogP contribution in [0.15, 0.2) is 35.9 Å². The predicted molar refractivity (Wildman–Crippen MR) is 115 cm³/mol. The second-order valence-electron chi connectivity index (χ2n) is 5.76. The van der Waals surface area contributed by atoms with E-state index in [0.717, 1.165) is 36.0 Å². The number of aromatic nitrogens is 1. The summed E-state index contributed by atoms with van der Waals surface area (Å²) >= 11 is 7.23. The van der Waals surface area contributed by atoms with Crippen molar-refractivity contribution < 1.29 is 9.53 Å². The molecular formula is C18H22Cl3N3O2S. The van der Waals surface area contributed by atoms with Gasteiger partial charge in [0.25, 0.3) is 5.91 Å². The molecule has 1 aromatic carbocycles. The monoisotopic (exact) mass is 449 g/mol. The van der Waals surface area contributed by atoms with Gasteiger partial charge in [-0.1, -0.05) is 23.3 Å². The Morgan fingerprint density at radius 1 is 1.33 bits per heavy atom. The summed E-state index contributed by atoms with van der Waals surface area (Å²) < 4.78 is 5.69. The van der Waals surface area contributed by atoms with Crippen LogP contribution in [0.5, 0.6) is 5.75 Å². The summed E-state index contributed by atoms with van der Waals surface area (Å²) in [6.07, 6.45) is 3.11. The van der Waals surface area contributed by atoms with Crippen LogP contribution in [0, 0.1) is 6.92 Å². The molecule has 1 aliphatic rings. The van der Waals surface area contributed by atoms with Gasteiger partial charge in [-0.3, -0.25) is 4.79 Å². The van der Waals surface area contributed by atoms with E-state index < -0.39 is 0 Å². The molecule has 27 heavy (non-hydrogen) atoms. The lowest BCUT2D eigenvalue weighted by molar-refractivity contribution is 0.0960. The lowest BCUT2D eigenvalue weighted by Crippen LogP contribution is -2.29. The molecule has 0 bridgehead atoms. The third-order valence-electron chi connectivity index (χ3n) is 3.86. The number of ether oxygens (including phenoxy) is 1. The Morgan fingerprint density at radius 3 is 2.74 bits per heavy atom. The number of nitrogens with zero attached hydrogens (tertiary/aromatic N) is 1. The highest BCUT2D eigenvalue weighted by Crippen LogP contribution is 2.21. The van der Waals surface area contributed by atoms with Crippen molar-refractivity contribution in [3.05, 3.63) is 56.5 Å². The van der Waals surface area contributed by atoms with Crippen molar-refractivity contribution in [3.8, 4) is 5.75 Å². The maximum Gasteiger partial charge on any atom is 0.263 e. The highest BCUT2D eigenvalue weighted by atomic mass is 35.5. The van der Waals surface area contributed by atoms with E-state index in [1.54, 1.807) is 12.1 Å². The molecule has 0 radical (unpaired) electrons. The van der Waals surface area contributed by atoms with Crippen LogP contribution in [0.1, 0.15) is 26.8 Å². The molecule has 0 fully saturated rings. The molecule has 0 spiro atoms. The Kier molecular flexibility index (Phi) is 10.1. The summed E-state index contributed by atoms with van der Waals surface area (Å²) in [4.78, 5) is 17.5. The molecule has 2 heterocycles. The number of aryl methyl sites for hydroxylation is 1. The average molecular weight is 451 g/mol. The zero-order valence-electron chi connectivity index (χ0n) is 14.8. The number of carbonyl (C=O) groups excluding carboxylic acids is 1. The lowest BCUT2D eigenvalue weighted by Gasteiger charge is -2.14. The molecule has 1 amide bonds.